The number of urea groups is 1. The molecule has 0 aromatic heterocycles. The fourth-order valence-electron chi connectivity index (χ4n) is 5.16. The van der Waals surface area contributed by atoms with E-state index in [0.29, 0.717) is 25.7 Å². The number of carbonyl (C=O) groups is 2. The molecule has 3 rings (SSSR count). The molecular weight excluding hydrogens is 400 g/mol. The fourth-order valence-corrected chi connectivity index (χ4v) is 5.16. The van der Waals surface area contributed by atoms with Gasteiger partial charge in [0.05, 0.1) is 0 Å². The second kappa shape index (κ2) is 12.2. The number of hydrogen-bond acceptors (Lipinski definition) is 3. The highest BCUT2D eigenvalue weighted by atomic mass is 16.2. The predicted molar refractivity (Wildman–Crippen MR) is 129 cm³/mol. The second-order valence-corrected chi connectivity index (χ2v) is 9.41. The molecule has 1 N–H and O–H groups in total. The van der Waals surface area contributed by atoms with Crippen LogP contribution in [0.2, 0.25) is 0 Å². The molecule has 1 aromatic rings. The summed E-state index contributed by atoms with van der Waals surface area (Å²) in [5.74, 6) is 0.114. The van der Waals surface area contributed by atoms with Crippen LogP contribution in [-0.2, 0) is 17.9 Å². The van der Waals surface area contributed by atoms with Crippen LogP contribution in [-0.4, -0.2) is 65.9 Å². The van der Waals surface area contributed by atoms with Gasteiger partial charge < -0.3 is 15.1 Å². The molecule has 1 aliphatic heterocycles. The molecule has 0 radical (unpaired) electrons. The maximum atomic E-state index is 12.8. The predicted octanol–water partition coefficient (Wildman–Crippen LogP) is 4.24. The van der Waals surface area contributed by atoms with Crippen molar-refractivity contribution in [3.63, 3.8) is 0 Å². The van der Waals surface area contributed by atoms with Gasteiger partial charge in [0.25, 0.3) is 0 Å². The summed E-state index contributed by atoms with van der Waals surface area (Å²) in [6.07, 6.45) is 8.12. The van der Waals surface area contributed by atoms with Gasteiger partial charge in [-0.05, 0) is 57.7 Å². The first-order valence-electron chi connectivity index (χ1n) is 12.6. The third-order valence-corrected chi connectivity index (χ3v) is 7.36. The van der Waals surface area contributed by atoms with Gasteiger partial charge in [0.2, 0.25) is 5.91 Å². The Bertz CT molecular complexity index is 735. The van der Waals surface area contributed by atoms with Gasteiger partial charge in [-0.1, -0.05) is 43.5 Å². The molecule has 32 heavy (non-hydrogen) atoms. The van der Waals surface area contributed by atoms with Gasteiger partial charge in [-0.3, -0.25) is 9.69 Å². The molecule has 2 aliphatic rings. The Kier molecular flexibility index (Phi) is 9.39. The van der Waals surface area contributed by atoms with Crippen molar-refractivity contribution < 1.29 is 9.59 Å². The Hall–Kier alpha value is -2.08. The van der Waals surface area contributed by atoms with Crippen LogP contribution in [0.15, 0.2) is 24.3 Å². The normalized spacial score (nSPS) is 18.1. The lowest BCUT2D eigenvalue weighted by molar-refractivity contribution is -0.126. The van der Waals surface area contributed by atoms with Gasteiger partial charge in [-0.25, -0.2) is 4.79 Å². The molecule has 1 heterocycles. The largest absolute Gasteiger partial charge is 0.352 e. The topological polar surface area (TPSA) is 55.9 Å². The van der Waals surface area contributed by atoms with Crippen molar-refractivity contribution in [1.29, 1.82) is 0 Å². The quantitative estimate of drug-likeness (QED) is 0.655. The first-order valence-corrected chi connectivity index (χ1v) is 12.6. The lowest BCUT2D eigenvalue weighted by atomic mass is 9.94. The highest BCUT2D eigenvalue weighted by molar-refractivity contribution is 5.79. The molecular formula is C26H42N4O2. The van der Waals surface area contributed by atoms with E-state index in [1.165, 1.54) is 43.2 Å². The van der Waals surface area contributed by atoms with Crippen molar-refractivity contribution in [3.05, 3.63) is 35.4 Å². The first-order chi connectivity index (χ1) is 15.5. The lowest BCUT2D eigenvalue weighted by Crippen LogP contribution is -2.48. The van der Waals surface area contributed by atoms with Gasteiger partial charge in [-0.15, -0.1) is 0 Å². The minimum atomic E-state index is -0.00664. The second-order valence-electron chi connectivity index (χ2n) is 9.41. The summed E-state index contributed by atoms with van der Waals surface area (Å²) in [6, 6.07) is 9.26. The number of rotatable bonds is 8. The van der Waals surface area contributed by atoms with Gasteiger partial charge in [0, 0.05) is 51.2 Å². The number of carbonyl (C=O) groups excluding carboxylic acids is 2. The van der Waals surface area contributed by atoms with Crippen molar-refractivity contribution in [2.24, 2.45) is 5.92 Å². The minimum Gasteiger partial charge on any atom is -0.352 e. The summed E-state index contributed by atoms with van der Waals surface area (Å²) >= 11 is 0. The average molecular weight is 443 g/mol. The number of hydrogen-bond donors (Lipinski definition) is 1. The molecule has 1 aliphatic carbocycles. The molecule has 0 atom stereocenters. The summed E-state index contributed by atoms with van der Waals surface area (Å²) in [7, 11) is 2.23. The molecule has 3 amide bonds. The molecule has 1 saturated heterocycles. The number of amides is 3. The molecule has 6 heteroatoms. The SMILES string of the molecule is CCN(CC)C(=O)N1CCC(C(=O)NCc2ccccc2CN(C)C2CCCCC2)CC1. The van der Waals surface area contributed by atoms with Crippen LogP contribution in [0.3, 0.4) is 0 Å². The average Bonchev–Trinajstić information content (AvgIpc) is 2.84. The van der Waals surface area contributed by atoms with E-state index < -0.39 is 0 Å². The first kappa shape index (κ1) is 24.6. The van der Waals surface area contributed by atoms with Gasteiger partial charge in [-0.2, -0.15) is 0 Å². The molecule has 178 valence electrons. The zero-order chi connectivity index (χ0) is 22.9. The molecule has 6 nitrogen and oxygen atoms in total. The van der Waals surface area contributed by atoms with Crippen molar-refractivity contribution in [2.45, 2.75) is 77.9 Å². The van der Waals surface area contributed by atoms with Crippen molar-refractivity contribution >= 4 is 11.9 Å². The van der Waals surface area contributed by atoms with E-state index in [2.05, 4.69) is 41.5 Å². The molecule has 0 bridgehead atoms. The van der Waals surface area contributed by atoms with Crippen LogP contribution in [0.25, 0.3) is 0 Å². The Balaban J connectivity index is 1.48. The summed E-state index contributed by atoms with van der Waals surface area (Å²) in [6.45, 7) is 8.30. The van der Waals surface area contributed by atoms with Gasteiger partial charge in [0.15, 0.2) is 0 Å². The van der Waals surface area contributed by atoms with E-state index in [1.807, 2.05) is 23.6 Å². The highest BCUT2D eigenvalue weighted by Gasteiger charge is 2.29. The zero-order valence-electron chi connectivity index (χ0n) is 20.3. The number of nitrogens with zero attached hydrogens (tertiary/aromatic N) is 3. The Morgan fingerprint density at radius 3 is 2.22 bits per heavy atom. The third-order valence-electron chi connectivity index (χ3n) is 7.36. The lowest BCUT2D eigenvalue weighted by Gasteiger charge is -2.34. The van der Waals surface area contributed by atoms with E-state index in [1.54, 1.807) is 0 Å². The van der Waals surface area contributed by atoms with E-state index >= 15 is 0 Å². The molecule has 2 fully saturated rings. The number of nitrogens with one attached hydrogen (secondary N) is 1. The summed E-state index contributed by atoms with van der Waals surface area (Å²) < 4.78 is 0. The Morgan fingerprint density at radius 1 is 0.969 bits per heavy atom. The number of likely N-dealkylation sites (tertiary alicyclic amines) is 1. The van der Waals surface area contributed by atoms with Gasteiger partial charge in [0.1, 0.15) is 0 Å². The van der Waals surface area contributed by atoms with Crippen LogP contribution < -0.4 is 5.32 Å². The van der Waals surface area contributed by atoms with E-state index in [4.69, 9.17) is 0 Å². The maximum absolute atomic E-state index is 12.8. The fraction of sp³-hybridized carbons (Fsp3) is 0.692. The zero-order valence-corrected chi connectivity index (χ0v) is 20.3. The van der Waals surface area contributed by atoms with Gasteiger partial charge >= 0.3 is 6.03 Å². The van der Waals surface area contributed by atoms with E-state index in [9.17, 15) is 9.59 Å². The van der Waals surface area contributed by atoms with Crippen LogP contribution in [0.5, 0.6) is 0 Å². The van der Waals surface area contributed by atoms with Crippen molar-refractivity contribution in [2.75, 3.05) is 33.2 Å². The summed E-state index contributed by atoms with van der Waals surface area (Å²) in [4.78, 5) is 31.6. The molecule has 0 unspecified atom stereocenters. The Morgan fingerprint density at radius 2 is 1.59 bits per heavy atom. The summed E-state index contributed by atoms with van der Waals surface area (Å²) in [5.41, 5.74) is 2.51. The molecule has 1 saturated carbocycles. The van der Waals surface area contributed by atoms with Crippen LogP contribution in [0.4, 0.5) is 4.79 Å². The van der Waals surface area contributed by atoms with Crippen molar-refractivity contribution in [1.82, 2.24) is 20.0 Å². The van der Waals surface area contributed by atoms with E-state index in [-0.39, 0.29) is 17.9 Å². The number of piperidine rings is 1. The van der Waals surface area contributed by atoms with Crippen LogP contribution in [0.1, 0.15) is 69.9 Å². The highest BCUT2D eigenvalue weighted by Crippen LogP contribution is 2.24. The monoisotopic (exact) mass is 442 g/mol. The minimum absolute atomic E-state index is 0.00664. The molecule has 0 spiro atoms. The smallest absolute Gasteiger partial charge is 0.319 e. The van der Waals surface area contributed by atoms with Crippen LogP contribution >= 0.6 is 0 Å². The standard InChI is InChI=1S/C26H42N4O2/c1-4-29(5-2)26(32)30-17-15-21(16-18-30)25(31)27-19-22-11-9-10-12-23(22)20-28(3)24-13-7-6-8-14-24/h9-12,21,24H,4-8,13-20H2,1-3H3,(H,27,31). The molecule has 1 aromatic carbocycles. The Labute approximate surface area is 194 Å². The van der Waals surface area contributed by atoms with Crippen LogP contribution in [0, 0.1) is 5.92 Å². The van der Waals surface area contributed by atoms with E-state index in [0.717, 1.165) is 32.5 Å². The third kappa shape index (κ3) is 6.47. The van der Waals surface area contributed by atoms with Crippen molar-refractivity contribution in [3.8, 4) is 0 Å². The summed E-state index contributed by atoms with van der Waals surface area (Å²) in [5, 5.41) is 3.18. The number of benzene rings is 1. The maximum Gasteiger partial charge on any atom is 0.319 e.